The molecule has 2 heteroatoms. The fraction of sp³-hybridized carbons (Fsp3) is 1.00. The molecule has 0 aliphatic heterocycles. The highest BCUT2D eigenvalue weighted by Crippen LogP contribution is 1.49. The highest BCUT2D eigenvalue weighted by Gasteiger charge is 1.51. The van der Waals surface area contributed by atoms with E-state index < -0.39 is 0 Å². The number of rotatable bonds is 0. The summed E-state index contributed by atoms with van der Waals surface area (Å²) in [6.07, 6.45) is 0. The predicted octanol–water partition coefficient (Wildman–Crippen LogP) is -0.926. The topological polar surface area (TPSA) is 25.8 Å². The molecule has 0 spiro atoms. The van der Waals surface area contributed by atoms with Crippen LogP contribution >= 0.6 is 0 Å². The average Bonchev–Trinajstić information content (AvgIpc) is 0.811. The molecule has 2 nitrogen and oxygen atoms in total. The monoisotopic (exact) mass is 62.0 g/mol. The Labute approximate surface area is 25.3 Å². The van der Waals surface area contributed by atoms with Gasteiger partial charge in [-0.3, -0.25) is 0 Å². The summed E-state index contributed by atoms with van der Waals surface area (Å²) in [6, 6.07) is 0. The second-order valence-electron chi connectivity index (χ2n) is 0.742. The van der Waals surface area contributed by atoms with E-state index in [4.69, 9.17) is 0 Å². The van der Waals surface area contributed by atoms with Gasteiger partial charge in [-0.2, -0.15) is 0 Å². The van der Waals surface area contributed by atoms with E-state index in [0.29, 0.717) is 0 Å². The Balaban J connectivity index is 2.32. The summed E-state index contributed by atoms with van der Waals surface area (Å²) in [7, 11) is 2.72. The van der Waals surface area contributed by atoms with Gasteiger partial charge in [-0.1, -0.05) is 0 Å². The standard InChI is InChI=1S/C2H6O2/c1-4(2)3/h1-2H3. The first-order valence-corrected chi connectivity index (χ1v) is 0.983. The molecule has 0 aliphatic carbocycles. The lowest BCUT2D eigenvalue weighted by Gasteiger charge is -2.03. The summed E-state index contributed by atoms with van der Waals surface area (Å²) >= 11 is 0. The van der Waals surface area contributed by atoms with E-state index in [-0.39, 0.29) is 0 Å². The van der Waals surface area contributed by atoms with Crippen molar-refractivity contribution < 1.29 is 9.78 Å². The van der Waals surface area contributed by atoms with Gasteiger partial charge in [0.1, 0.15) is 14.2 Å². The van der Waals surface area contributed by atoms with Crippen LogP contribution in [0.4, 0.5) is 0 Å². The fourth-order valence-electron chi connectivity index (χ4n) is 0. The minimum atomic E-state index is 1.33. The summed E-state index contributed by atoms with van der Waals surface area (Å²) in [5.41, 5.74) is 0. The largest absolute Gasteiger partial charge is 0.535 e. The van der Waals surface area contributed by atoms with Crippen LogP contribution in [-0.2, 0) is 4.52 Å². The Morgan fingerprint density at radius 3 is 1.50 bits per heavy atom. The molecule has 0 N–H and O–H groups in total. The molecular formula is C2H6O2. The van der Waals surface area contributed by atoms with Crippen molar-refractivity contribution in [3.05, 3.63) is 0 Å². The first-order chi connectivity index (χ1) is 1.73. The molecule has 0 fully saturated rings. The van der Waals surface area contributed by atoms with E-state index in [0.717, 1.165) is 0 Å². The molecule has 0 saturated heterocycles. The summed E-state index contributed by atoms with van der Waals surface area (Å²) in [6.45, 7) is 0. The molecule has 4 heavy (non-hydrogen) atoms. The molecule has 0 unspecified atom stereocenters. The SMILES string of the molecule is C[O+](C)[O-]. The molecule has 0 bridgehead atoms. The van der Waals surface area contributed by atoms with Crippen molar-refractivity contribution in [1.29, 1.82) is 0 Å². The third-order valence-corrected chi connectivity index (χ3v) is 0. The van der Waals surface area contributed by atoms with E-state index in [1.54, 1.807) is 0 Å². The quantitative estimate of drug-likeness (QED) is 0.202. The van der Waals surface area contributed by atoms with Gasteiger partial charge in [-0.25, -0.2) is 0 Å². The molecule has 0 aromatic heterocycles. The van der Waals surface area contributed by atoms with Crippen LogP contribution in [0.5, 0.6) is 0 Å². The summed E-state index contributed by atoms with van der Waals surface area (Å²) in [5, 5.41) is 9.28. The van der Waals surface area contributed by atoms with E-state index in [2.05, 4.69) is 0 Å². The van der Waals surface area contributed by atoms with Crippen LogP contribution in [0.1, 0.15) is 0 Å². The highest BCUT2D eigenvalue weighted by molar-refractivity contribution is 3.63. The van der Waals surface area contributed by atoms with Gasteiger partial charge in [0.2, 0.25) is 0 Å². The van der Waals surface area contributed by atoms with Crippen LogP contribution in [0.25, 0.3) is 0 Å². The lowest BCUT2D eigenvalue weighted by Crippen LogP contribution is -2.14. The average molecular weight is 62.1 g/mol. The normalized spacial score (nSPS) is 9.00. The maximum Gasteiger partial charge on any atom is 0.140 e. The molecule has 0 amide bonds. The van der Waals surface area contributed by atoms with Crippen molar-refractivity contribution in [1.82, 2.24) is 0 Å². The Morgan fingerprint density at radius 2 is 1.50 bits per heavy atom. The van der Waals surface area contributed by atoms with Crippen molar-refractivity contribution in [3.8, 4) is 0 Å². The van der Waals surface area contributed by atoms with Crippen molar-refractivity contribution >= 4 is 0 Å². The Bertz CT molecular complexity index is 8.75. The third-order valence-electron chi connectivity index (χ3n) is 0. The Morgan fingerprint density at radius 1 is 1.50 bits per heavy atom. The minimum Gasteiger partial charge on any atom is -0.535 e. The van der Waals surface area contributed by atoms with Crippen LogP contribution in [0.3, 0.4) is 0 Å². The van der Waals surface area contributed by atoms with Crippen LogP contribution in [-0.4, -0.2) is 14.2 Å². The molecule has 0 atom stereocenters. The fourth-order valence-corrected chi connectivity index (χ4v) is 0. The molecule has 0 radical (unpaired) electrons. The van der Waals surface area contributed by atoms with Crippen LogP contribution in [0.2, 0.25) is 0 Å². The zero-order chi connectivity index (χ0) is 3.58. The molecule has 0 saturated carbocycles. The first kappa shape index (κ1) is 3.92. The molecule has 0 heterocycles. The maximum atomic E-state index is 9.28. The first-order valence-electron chi connectivity index (χ1n) is 0.983. The van der Waals surface area contributed by atoms with Gasteiger partial charge < -0.3 is 9.78 Å². The lowest BCUT2D eigenvalue weighted by atomic mass is 11.5. The van der Waals surface area contributed by atoms with Gasteiger partial charge in [-0.15, -0.1) is 0 Å². The zero-order valence-electron chi connectivity index (χ0n) is 2.82. The summed E-state index contributed by atoms with van der Waals surface area (Å²) in [4.78, 5) is 0. The van der Waals surface area contributed by atoms with Crippen molar-refractivity contribution in [2.75, 3.05) is 14.2 Å². The van der Waals surface area contributed by atoms with Crippen molar-refractivity contribution in [2.45, 2.75) is 0 Å². The highest BCUT2D eigenvalue weighted by atomic mass is 17.2. The van der Waals surface area contributed by atoms with E-state index in [1.807, 2.05) is 0 Å². The van der Waals surface area contributed by atoms with Crippen LogP contribution in [0.15, 0.2) is 0 Å². The molecule has 0 aliphatic rings. The Hall–Kier alpha value is -0.0800. The molecule has 26 valence electrons. The molecular weight excluding hydrogens is 56.0 g/mol. The van der Waals surface area contributed by atoms with E-state index in [1.165, 1.54) is 18.7 Å². The zero-order valence-corrected chi connectivity index (χ0v) is 2.82. The molecule has 0 aromatic rings. The number of hydrogen-bond acceptors (Lipinski definition) is 1. The lowest BCUT2D eigenvalue weighted by molar-refractivity contribution is -0.773. The second-order valence-corrected chi connectivity index (χ2v) is 0.742. The second kappa shape index (κ2) is 1.26. The smallest absolute Gasteiger partial charge is 0.140 e. The molecule has 0 rings (SSSR count). The molecule has 0 aromatic carbocycles. The Kier molecular flexibility index (Phi) is 1.24. The van der Waals surface area contributed by atoms with Gasteiger partial charge in [0.15, 0.2) is 0 Å². The third kappa shape index (κ3) is 254. The van der Waals surface area contributed by atoms with Gasteiger partial charge in [0.05, 0.1) is 0 Å². The van der Waals surface area contributed by atoms with E-state index in [9.17, 15) is 5.26 Å². The van der Waals surface area contributed by atoms with Gasteiger partial charge in [0.25, 0.3) is 0 Å². The minimum absolute atomic E-state index is 1.33. The predicted molar refractivity (Wildman–Crippen MR) is 12.9 cm³/mol. The maximum absolute atomic E-state index is 9.28. The number of hydrogen-bond donors (Lipinski definition) is 0. The van der Waals surface area contributed by atoms with E-state index >= 15 is 0 Å². The van der Waals surface area contributed by atoms with Crippen molar-refractivity contribution in [3.63, 3.8) is 0 Å². The van der Waals surface area contributed by atoms with Gasteiger partial charge in [-0.05, 0) is 0 Å². The summed E-state index contributed by atoms with van der Waals surface area (Å²) < 4.78 is 1.33. The van der Waals surface area contributed by atoms with Crippen LogP contribution < -0.4 is 5.26 Å². The summed E-state index contributed by atoms with van der Waals surface area (Å²) in [5.74, 6) is 0. The van der Waals surface area contributed by atoms with Gasteiger partial charge in [0, 0.05) is 0 Å². The van der Waals surface area contributed by atoms with Crippen LogP contribution in [0, 0.1) is 0 Å². The van der Waals surface area contributed by atoms with Crippen molar-refractivity contribution in [2.24, 2.45) is 0 Å². The van der Waals surface area contributed by atoms with Gasteiger partial charge >= 0.3 is 0 Å².